The van der Waals surface area contributed by atoms with Gasteiger partial charge in [-0.1, -0.05) is 6.07 Å². The predicted molar refractivity (Wildman–Crippen MR) is 86.7 cm³/mol. The highest BCUT2D eigenvalue weighted by Gasteiger charge is 2.24. The molecule has 23 heavy (non-hydrogen) atoms. The lowest BCUT2D eigenvalue weighted by Gasteiger charge is -2.34. The van der Waals surface area contributed by atoms with Crippen LogP contribution in [0.25, 0.3) is 0 Å². The van der Waals surface area contributed by atoms with Crippen molar-refractivity contribution >= 4 is 11.8 Å². The van der Waals surface area contributed by atoms with Gasteiger partial charge in [-0.25, -0.2) is 0 Å². The Labute approximate surface area is 136 Å². The van der Waals surface area contributed by atoms with E-state index in [1.165, 1.54) is 5.56 Å². The summed E-state index contributed by atoms with van der Waals surface area (Å²) in [5.74, 6) is 0.901. The lowest BCUT2D eigenvalue weighted by atomic mass is 10.0. The molecule has 6 heteroatoms. The third-order valence-corrected chi connectivity index (χ3v) is 4.47. The number of carbonyl (C=O) groups excluding carboxylic acids is 2. The van der Waals surface area contributed by atoms with Crippen LogP contribution in [0.2, 0.25) is 0 Å². The fourth-order valence-corrected chi connectivity index (χ4v) is 3.05. The monoisotopic (exact) mass is 317 g/mol. The van der Waals surface area contributed by atoms with Crippen molar-refractivity contribution in [3.63, 3.8) is 0 Å². The minimum atomic E-state index is 0.0108. The molecule has 124 valence electrons. The summed E-state index contributed by atoms with van der Waals surface area (Å²) in [5.41, 5.74) is 1.87. The lowest BCUT2D eigenvalue weighted by Crippen LogP contribution is -2.50. The van der Waals surface area contributed by atoms with Crippen molar-refractivity contribution in [1.82, 2.24) is 15.1 Å². The van der Waals surface area contributed by atoms with E-state index in [4.69, 9.17) is 4.74 Å². The van der Waals surface area contributed by atoms with E-state index < -0.39 is 0 Å². The average Bonchev–Trinajstić information content (AvgIpc) is 2.61. The first-order valence-electron chi connectivity index (χ1n) is 8.15. The van der Waals surface area contributed by atoms with Crippen LogP contribution in [0.4, 0.5) is 0 Å². The molecule has 0 atom stereocenters. The van der Waals surface area contributed by atoms with Crippen molar-refractivity contribution in [3.05, 3.63) is 29.3 Å². The van der Waals surface area contributed by atoms with Crippen LogP contribution in [-0.4, -0.2) is 68.0 Å². The highest BCUT2D eigenvalue weighted by molar-refractivity contribution is 5.95. The number of nitrogens with one attached hydrogen (secondary N) is 1. The Morgan fingerprint density at radius 3 is 2.74 bits per heavy atom. The van der Waals surface area contributed by atoms with Gasteiger partial charge >= 0.3 is 0 Å². The van der Waals surface area contributed by atoms with E-state index in [9.17, 15) is 9.59 Å². The van der Waals surface area contributed by atoms with Crippen LogP contribution in [0.3, 0.4) is 0 Å². The van der Waals surface area contributed by atoms with E-state index in [2.05, 4.69) is 10.2 Å². The Balaban J connectivity index is 1.60. The lowest BCUT2D eigenvalue weighted by molar-refractivity contribution is -0.122. The highest BCUT2D eigenvalue weighted by atomic mass is 16.5. The van der Waals surface area contributed by atoms with Gasteiger partial charge in [0, 0.05) is 38.8 Å². The molecule has 1 fully saturated rings. The molecule has 2 amide bonds. The molecule has 6 nitrogen and oxygen atoms in total. The summed E-state index contributed by atoms with van der Waals surface area (Å²) in [6.45, 7) is 3.86. The molecule has 2 aliphatic heterocycles. The third-order valence-electron chi connectivity index (χ3n) is 4.47. The molecule has 0 radical (unpaired) electrons. The van der Waals surface area contributed by atoms with Crippen LogP contribution in [0.1, 0.15) is 22.3 Å². The molecule has 1 saturated heterocycles. The van der Waals surface area contributed by atoms with Crippen molar-refractivity contribution in [2.24, 2.45) is 0 Å². The minimum absolute atomic E-state index is 0.0108. The number of nitrogens with zero attached hydrogens (tertiary/aromatic N) is 2. The summed E-state index contributed by atoms with van der Waals surface area (Å²) in [5, 5.41) is 2.63. The second-order valence-electron chi connectivity index (χ2n) is 6.02. The van der Waals surface area contributed by atoms with E-state index in [-0.39, 0.29) is 11.8 Å². The zero-order valence-corrected chi connectivity index (χ0v) is 13.5. The summed E-state index contributed by atoms with van der Waals surface area (Å²) >= 11 is 0. The van der Waals surface area contributed by atoms with Gasteiger partial charge in [-0.05, 0) is 30.5 Å². The number of benzene rings is 1. The van der Waals surface area contributed by atoms with Crippen LogP contribution < -0.4 is 10.1 Å². The number of ether oxygens (including phenoxy) is 1. The first-order chi connectivity index (χ1) is 11.2. The Morgan fingerprint density at radius 2 is 2.00 bits per heavy atom. The molecule has 1 N–H and O–H groups in total. The molecule has 0 spiro atoms. The SMILES string of the molecule is CNC(=O)CN1CCN(C(=O)c2ccc3c(c2)OCCC3)CC1. The number of hydrogen-bond donors (Lipinski definition) is 1. The topological polar surface area (TPSA) is 61.9 Å². The maximum Gasteiger partial charge on any atom is 0.254 e. The Hall–Kier alpha value is -2.08. The first kappa shape index (κ1) is 15.8. The van der Waals surface area contributed by atoms with Crippen molar-refractivity contribution in [1.29, 1.82) is 0 Å². The molecule has 2 heterocycles. The molecule has 1 aromatic carbocycles. The molecule has 0 aliphatic carbocycles. The molecule has 0 saturated carbocycles. The summed E-state index contributed by atoms with van der Waals surface area (Å²) in [6.07, 6.45) is 2.05. The minimum Gasteiger partial charge on any atom is -0.493 e. The van der Waals surface area contributed by atoms with E-state index in [0.29, 0.717) is 25.2 Å². The number of piperazine rings is 1. The predicted octanol–water partition coefficient (Wildman–Crippen LogP) is 0.515. The second-order valence-corrected chi connectivity index (χ2v) is 6.02. The zero-order valence-electron chi connectivity index (χ0n) is 13.5. The van der Waals surface area contributed by atoms with Crippen LogP contribution in [-0.2, 0) is 11.2 Å². The number of amides is 2. The van der Waals surface area contributed by atoms with Crippen LogP contribution in [0.15, 0.2) is 18.2 Å². The van der Waals surface area contributed by atoms with Gasteiger partial charge in [0.05, 0.1) is 13.2 Å². The Kier molecular flexibility index (Phi) is 4.81. The van der Waals surface area contributed by atoms with E-state index in [0.717, 1.165) is 38.3 Å². The molecule has 0 unspecified atom stereocenters. The largest absolute Gasteiger partial charge is 0.493 e. The average molecular weight is 317 g/mol. The fourth-order valence-electron chi connectivity index (χ4n) is 3.05. The number of aryl methyl sites for hydroxylation is 1. The van der Waals surface area contributed by atoms with Crippen LogP contribution >= 0.6 is 0 Å². The van der Waals surface area contributed by atoms with Gasteiger partial charge in [-0.3, -0.25) is 14.5 Å². The van der Waals surface area contributed by atoms with Gasteiger partial charge < -0.3 is 15.0 Å². The smallest absolute Gasteiger partial charge is 0.254 e. The van der Waals surface area contributed by atoms with Gasteiger partial charge in [-0.2, -0.15) is 0 Å². The molecule has 1 aromatic rings. The van der Waals surface area contributed by atoms with Gasteiger partial charge in [-0.15, -0.1) is 0 Å². The van der Waals surface area contributed by atoms with Crippen molar-refractivity contribution in [2.45, 2.75) is 12.8 Å². The van der Waals surface area contributed by atoms with Gasteiger partial charge in [0.1, 0.15) is 5.75 Å². The van der Waals surface area contributed by atoms with Gasteiger partial charge in [0.2, 0.25) is 5.91 Å². The molecule has 3 rings (SSSR count). The summed E-state index contributed by atoms with van der Waals surface area (Å²) < 4.78 is 5.65. The van der Waals surface area contributed by atoms with Gasteiger partial charge in [0.15, 0.2) is 0 Å². The number of carbonyl (C=O) groups is 2. The maximum atomic E-state index is 12.6. The van der Waals surface area contributed by atoms with Crippen molar-refractivity contribution in [2.75, 3.05) is 46.4 Å². The van der Waals surface area contributed by atoms with E-state index >= 15 is 0 Å². The van der Waals surface area contributed by atoms with Crippen LogP contribution in [0.5, 0.6) is 5.75 Å². The number of hydrogen-bond acceptors (Lipinski definition) is 4. The Morgan fingerprint density at radius 1 is 1.22 bits per heavy atom. The van der Waals surface area contributed by atoms with Crippen molar-refractivity contribution < 1.29 is 14.3 Å². The Bertz CT molecular complexity index is 595. The molecular weight excluding hydrogens is 294 g/mol. The summed E-state index contributed by atoms with van der Waals surface area (Å²) in [7, 11) is 1.64. The fraction of sp³-hybridized carbons (Fsp3) is 0.529. The zero-order chi connectivity index (χ0) is 16.2. The summed E-state index contributed by atoms with van der Waals surface area (Å²) in [6, 6.07) is 5.77. The third kappa shape index (κ3) is 3.64. The highest BCUT2D eigenvalue weighted by Crippen LogP contribution is 2.26. The normalized spacial score (nSPS) is 18.0. The van der Waals surface area contributed by atoms with E-state index in [1.807, 2.05) is 23.1 Å². The summed E-state index contributed by atoms with van der Waals surface area (Å²) in [4.78, 5) is 28.0. The van der Waals surface area contributed by atoms with Crippen LogP contribution in [0, 0.1) is 0 Å². The van der Waals surface area contributed by atoms with E-state index in [1.54, 1.807) is 7.05 Å². The molecule has 0 bridgehead atoms. The number of fused-ring (bicyclic) bond motifs is 1. The molecular formula is C17H23N3O3. The number of likely N-dealkylation sites (N-methyl/N-ethyl adjacent to an activating group) is 1. The standard InChI is InChI=1S/C17H23N3O3/c1-18-16(21)12-19-6-8-20(9-7-19)17(22)14-5-4-13-3-2-10-23-15(13)11-14/h4-5,11H,2-3,6-10,12H2,1H3,(H,18,21). The second kappa shape index (κ2) is 7.00. The molecule has 2 aliphatic rings. The molecule has 0 aromatic heterocycles. The van der Waals surface area contributed by atoms with Crippen molar-refractivity contribution in [3.8, 4) is 5.75 Å². The maximum absolute atomic E-state index is 12.6. The first-order valence-corrected chi connectivity index (χ1v) is 8.15. The number of rotatable bonds is 3. The quantitative estimate of drug-likeness (QED) is 0.883. The van der Waals surface area contributed by atoms with Gasteiger partial charge in [0.25, 0.3) is 5.91 Å².